The summed E-state index contributed by atoms with van der Waals surface area (Å²) in [4.78, 5) is 12.1. The summed E-state index contributed by atoms with van der Waals surface area (Å²) in [5, 5.41) is 12.4. The number of carbonyl (C=O) groups is 1. The Hall–Kier alpha value is -2.51. The fourth-order valence-electron chi connectivity index (χ4n) is 2.44. The Labute approximate surface area is 173 Å². The standard InChI is InChI=1S/C20H21ClN4O2S/c1-14-8-9-16(21)17(10-14)27-12-18-23-24-20(25(18)2)28-13-19(26)22-11-15-6-4-3-5-7-15/h3-10H,11-13H2,1-2H3,(H,22,26). The molecular formula is C20H21ClN4O2S. The molecule has 0 saturated carbocycles. The van der Waals surface area contributed by atoms with E-state index in [1.807, 2.05) is 61.0 Å². The summed E-state index contributed by atoms with van der Waals surface area (Å²) in [5.74, 6) is 1.48. The highest BCUT2D eigenvalue weighted by atomic mass is 35.5. The van der Waals surface area contributed by atoms with Crippen LogP contribution >= 0.6 is 23.4 Å². The minimum Gasteiger partial charge on any atom is -0.484 e. The second-order valence-electron chi connectivity index (χ2n) is 6.23. The molecule has 0 atom stereocenters. The number of halogens is 1. The Kier molecular flexibility index (Phi) is 6.95. The van der Waals surface area contributed by atoms with E-state index in [4.69, 9.17) is 16.3 Å². The average molecular weight is 417 g/mol. The first kappa shape index (κ1) is 20.2. The summed E-state index contributed by atoms with van der Waals surface area (Å²) in [7, 11) is 1.85. The van der Waals surface area contributed by atoms with Crippen molar-refractivity contribution in [2.45, 2.75) is 25.2 Å². The van der Waals surface area contributed by atoms with Crippen molar-refractivity contribution < 1.29 is 9.53 Å². The van der Waals surface area contributed by atoms with Crippen molar-refractivity contribution in [3.63, 3.8) is 0 Å². The van der Waals surface area contributed by atoms with Crippen LogP contribution in [0.1, 0.15) is 17.0 Å². The fourth-order valence-corrected chi connectivity index (χ4v) is 3.37. The van der Waals surface area contributed by atoms with E-state index in [0.29, 0.717) is 28.3 Å². The predicted molar refractivity (Wildman–Crippen MR) is 111 cm³/mol. The molecule has 0 aliphatic heterocycles. The molecular weight excluding hydrogens is 396 g/mol. The molecule has 28 heavy (non-hydrogen) atoms. The van der Waals surface area contributed by atoms with Gasteiger partial charge in [-0.15, -0.1) is 10.2 Å². The van der Waals surface area contributed by atoms with Gasteiger partial charge in [0, 0.05) is 13.6 Å². The molecule has 3 rings (SSSR count). The predicted octanol–water partition coefficient (Wildman–Crippen LogP) is 3.76. The van der Waals surface area contributed by atoms with Crippen LogP contribution in [0.15, 0.2) is 53.7 Å². The average Bonchev–Trinajstić information content (AvgIpc) is 3.06. The number of aryl methyl sites for hydroxylation is 1. The molecule has 1 heterocycles. The molecule has 0 bridgehead atoms. The molecule has 0 radical (unpaired) electrons. The summed E-state index contributed by atoms with van der Waals surface area (Å²) < 4.78 is 7.59. The summed E-state index contributed by atoms with van der Waals surface area (Å²) in [6.07, 6.45) is 0. The Morgan fingerprint density at radius 1 is 1.21 bits per heavy atom. The van der Waals surface area contributed by atoms with E-state index in [9.17, 15) is 4.79 Å². The van der Waals surface area contributed by atoms with Gasteiger partial charge in [-0.2, -0.15) is 0 Å². The molecule has 0 spiro atoms. The van der Waals surface area contributed by atoms with Gasteiger partial charge in [0.15, 0.2) is 11.0 Å². The number of benzene rings is 2. The number of hydrogen-bond donors (Lipinski definition) is 1. The zero-order valence-electron chi connectivity index (χ0n) is 15.7. The number of rotatable bonds is 8. The summed E-state index contributed by atoms with van der Waals surface area (Å²) in [6.45, 7) is 2.73. The maximum Gasteiger partial charge on any atom is 0.230 e. The largest absolute Gasteiger partial charge is 0.484 e. The number of amides is 1. The normalized spacial score (nSPS) is 10.7. The lowest BCUT2D eigenvalue weighted by atomic mass is 10.2. The number of ether oxygens (including phenoxy) is 1. The minimum absolute atomic E-state index is 0.0544. The van der Waals surface area contributed by atoms with Crippen LogP contribution < -0.4 is 10.1 Å². The van der Waals surface area contributed by atoms with E-state index in [-0.39, 0.29) is 18.3 Å². The van der Waals surface area contributed by atoms with Crippen molar-refractivity contribution in [3.8, 4) is 5.75 Å². The van der Waals surface area contributed by atoms with Crippen LogP contribution in [0.4, 0.5) is 0 Å². The molecule has 3 aromatic rings. The maximum atomic E-state index is 12.1. The van der Waals surface area contributed by atoms with Crippen molar-refractivity contribution in [2.24, 2.45) is 7.05 Å². The van der Waals surface area contributed by atoms with Crippen LogP contribution in [0.25, 0.3) is 0 Å². The third-order valence-corrected chi connectivity index (χ3v) is 5.37. The van der Waals surface area contributed by atoms with Gasteiger partial charge < -0.3 is 14.6 Å². The molecule has 2 aromatic carbocycles. The summed E-state index contributed by atoms with van der Waals surface area (Å²) in [6, 6.07) is 15.4. The zero-order valence-corrected chi connectivity index (χ0v) is 17.3. The SMILES string of the molecule is Cc1ccc(Cl)c(OCc2nnc(SCC(=O)NCc3ccccc3)n2C)c1. The Morgan fingerprint density at radius 2 is 2.00 bits per heavy atom. The van der Waals surface area contributed by atoms with E-state index in [1.54, 1.807) is 6.07 Å². The Balaban J connectivity index is 1.50. The van der Waals surface area contributed by atoms with Crippen molar-refractivity contribution in [3.05, 3.63) is 70.5 Å². The first-order valence-corrected chi connectivity index (χ1v) is 10.1. The van der Waals surface area contributed by atoms with Crippen molar-refractivity contribution in [1.29, 1.82) is 0 Å². The zero-order chi connectivity index (χ0) is 19.9. The summed E-state index contributed by atoms with van der Waals surface area (Å²) >= 11 is 7.48. The highest BCUT2D eigenvalue weighted by Crippen LogP contribution is 2.26. The van der Waals surface area contributed by atoms with Gasteiger partial charge in [-0.1, -0.05) is 59.8 Å². The van der Waals surface area contributed by atoms with Gasteiger partial charge in [0.1, 0.15) is 12.4 Å². The van der Waals surface area contributed by atoms with E-state index >= 15 is 0 Å². The number of hydrogen-bond acceptors (Lipinski definition) is 5. The third-order valence-electron chi connectivity index (χ3n) is 4.03. The lowest BCUT2D eigenvalue weighted by Gasteiger charge is -2.09. The van der Waals surface area contributed by atoms with Gasteiger partial charge in [0.25, 0.3) is 0 Å². The number of nitrogens with zero attached hydrogens (tertiary/aromatic N) is 3. The van der Waals surface area contributed by atoms with Crippen LogP contribution in [0.3, 0.4) is 0 Å². The Morgan fingerprint density at radius 3 is 2.79 bits per heavy atom. The van der Waals surface area contributed by atoms with Crippen LogP contribution in [0.5, 0.6) is 5.75 Å². The monoisotopic (exact) mass is 416 g/mol. The number of nitrogens with one attached hydrogen (secondary N) is 1. The first-order chi connectivity index (χ1) is 13.5. The molecule has 0 unspecified atom stereocenters. The second kappa shape index (κ2) is 9.61. The topological polar surface area (TPSA) is 69.0 Å². The molecule has 1 aromatic heterocycles. The molecule has 146 valence electrons. The first-order valence-electron chi connectivity index (χ1n) is 8.73. The van der Waals surface area contributed by atoms with Gasteiger partial charge in [-0.25, -0.2) is 0 Å². The minimum atomic E-state index is -0.0544. The van der Waals surface area contributed by atoms with Gasteiger partial charge in [0.05, 0.1) is 10.8 Å². The number of thioether (sulfide) groups is 1. The lowest BCUT2D eigenvalue weighted by molar-refractivity contribution is -0.118. The highest BCUT2D eigenvalue weighted by molar-refractivity contribution is 7.99. The molecule has 0 fully saturated rings. The molecule has 1 N–H and O–H groups in total. The maximum absolute atomic E-state index is 12.1. The molecule has 0 aliphatic rings. The van der Waals surface area contributed by atoms with Crippen LogP contribution in [-0.2, 0) is 25.0 Å². The van der Waals surface area contributed by atoms with Crippen LogP contribution in [0.2, 0.25) is 5.02 Å². The van der Waals surface area contributed by atoms with E-state index < -0.39 is 0 Å². The van der Waals surface area contributed by atoms with Crippen molar-refractivity contribution in [2.75, 3.05) is 5.75 Å². The van der Waals surface area contributed by atoms with Crippen molar-refractivity contribution in [1.82, 2.24) is 20.1 Å². The third kappa shape index (κ3) is 5.50. The second-order valence-corrected chi connectivity index (χ2v) is 7.58. The Bertz CT molecular complexity index is 947. The highest BCUT2D eigenvalue weighted by Gasteiger charge is 2.13. The van der Waals surface area contributed by atoms with Crippen LogP contribution in [0, 0.1) is 6.92 Å². The molecule has 8 heteroatoms. The molecule has 6 nitrogen and oxygen atoms in total. The van der Waals surface area contributed by atoms with Gasteiger partial charge in [-0.3, -0.25) is 4.79 Å². The lowest BCUT2D eigenvalue weighted by Crippen LogP contribution is -2.24. The van der Waals surface area contributed by atoms with Gasteiger partial charge in [0.2, 0.25) is 5.91 Å². The number of aromatic nitrogens is 3. The van der Waals surface area contributed by atoms with Gasteiger partial charge >= 0.3 is 0 Å². The van der Waals surface area contributed by atoms with Gasteiger partial charge in [-0.05, 0) is 30.2 Å². The summed E-state index contributed by atoms with van der Waals surface area (Å²) in [5.41, 5.74) is 2.13. The smallest absolute Gasteiger partial charge is 0.230 e. The van der Waals surface area contributed by atoms with E-state index in [1.165, 1.54) is 11.8 Å². The van der Waals surface area contributed by atoms with E-state index in [2.05, 4.69) is 15.5 Å². The molecule has 0 aliphatic carbocycles. The van der Waals surface area contributed by atoms with E-state index in [0.717, 1.165) is 11.1 Å². The fraction of sp³-hybridized carbons (Fsp3) is 0.250. The molecule has 1 amide bonds. The number of carbonyl (C=O) groups excluding carboxylic acids is 1. The van der Waals surface area contributed by atoms with Crippen LogP contribution in [-0.4, -0.2) is 26.4 Å². The quantitative estimate of drug-likeness (QED) is 0.566. The van der Waals surface area contributed by atoms with Crippen molar-refractivity contribution >= 4 is 29.3 Å². The molecule has 0 saturated heterocycles.